The molecule has 0 amide bonds. The highest BCUT2D eigenvalue weighted by Crippen LogP contribution is 2.30. The van der Waals surface area contributed by atoms with Crippen LogP contribution >= 0.6 is 11.6 Å². The van der Waals surface area contributed by atoms with E-state index in [0.29, 0.717) is 0 Å². The molecule has 0 saturated carbocycles. The number of allylic oxidation sites excluding steroid dienone is 1. The van der Waals surface area contributed by atoms with E-state index in [0.717, 1.165) is 0 Å². The maximum absolute atomic E-state index is 14.2. The van der Waals surface area contributed by atoms with Crippen LogP contribution in [0.1, 0.15) is 6.92 Å². The van der Waals surface area contributed by atoms with E-state index in [9.17, 15) is 9.50 Å². The van der Waals surface area contributed by atoms with Gasteiger partial charge in [-0.1, -0.05) is 18.2 Å². The molecule has 22 heavy (non-hydrogen) atoms. The number of rotatable bonds is 4. The fraction of sp³-hybridized carbons (Fsp3) is 0.500. The SMILES string of the molecule is C=C(Cl)/N=C1\C(=C(/C)ON)N=CN1C1OC(CO)C(O)C1F. The van der Waals surface area contributed by atoms with Gasteiger partial charge in [0.2, 0.25) is 0 Å². The van der Waals surface area contributed by atoms with Crippen LogP contribution in [0.25, 0.3) is 0 Å². The average molecular weight is 335 g/mol. The summed E-state index contributed by atoms with van der Waals surface area (Å²) < 4.78 is 19.5. The number of halogens is 2. The first-order valence-electron chi connectivity index (χ1n) is 6.32. The molecule has 2 heterocycles. The predicted octanol–water partition coefficient (Wildman–Crippen LogP) is -0.0232. The summed E-state index contributed by atoms with van der Waals surface area (Å²) in [6.07, 6.45) is -4.28. The molecule has 1 saturated heterocycles. The lowest BCUT2D eigenvalue weighted by Crippen LogP contribution is -2.43. The molecule has 0 spiro atoms. The number of hydrogen-bond donors (Lipinski definition) is 3. The Morgan fingerprint density at radius 2 is 2.41 bits per heavy atom. The van der Waals surface area contributed by atoms with Gasteiger partial charge in [0.1, 0.15) is 28.8 Å². The number of hydrogen-bond acceptors (Lipinski definition) is 7. The third kappa shape index (κ3) is 2.99. The third-order valence-electron chi connectivity index (χ3n) is 3.25. The van der Waals surface area contributed by atoms with E-state index in [2.05, 4.69) is 21.4 Å². The van der Waals surface area contributed by atoms with Gasteiger partial charge in [0.05, 0.1) is 12.9 Å². The first-order valence-corrected chi connectivity index (χ1v) is 6.70. The normalized spacial score (nSPS) is 35.4. The van der Waals surface area contributed by atoms with Gasteiger partial charge < -0.3 is 19.8 Å². The third-order valence-corrected chi connectivity index (χ3v) is 3.34. The van der Waals surface area contributed by atoms with Gasteiger partial charge in [-0.25, -0.2) is 14.4 Å². The summed E-state index contributed by atoms with van der Waals surface area (Å²) in [7, 11) is 0. The number of aliphatic imine (C=N–C) groups is 2. The van der Waals surface area contributed by atoms with Gasteiger partial charge in [-0.3, -0.25) is 4.90 Å². The molecule has 4 unspecified atom stereocenters. The Balaban J connectivity index is 2.35. The van der Waals surface area contributed by atoms with E-state index in [1.165, 1.54) is 18.2 Å². The maximum Gasteiger partial charge on any atom is 0.173 e. The molecule has 4 N–H and O–H groups in total. The zero-order valence-corrected chi connectivity index (χ0v) is 12.4. The average Bonchev–Trinajstić information content (AvgIpc) is 3.00. The molecule has 8 nitrogen and oxygen atoms in total. The van der Waals surface area contributed by atoms with E-state index in [-0.39, 0.29) is 22.4 Å². The standard InChI is InChI=1S/C12H16ClFN4O4/c1-5(22-15)9-11(17-6(2)13)18(4-16-9)12-8(14)10(20)7(3-19)21-12/h4,7-8,10,12,19-20H,2-3,15H2,1H3/b9-5-,17-11+. The zero-order valence-electron chi connectivity index (χ0n) is 11.7. The van der Waals surface area contributed by atoms with Crippen LogP contribution in [0.4, 0.5) is 4.39 Å². The minimum Gasteiger partial charge on any atom is -0.414 e. The highest BCUT2D eigenvalue weighted by Gasteiger charge is 2.48. The monoisotopic (exact) mass is 334 g/mol. The van der Waals surface area contributed by atoms with Crippen LogP contribution in [0.3, 0.4) is 0 Å². The molecule has 0 aromatic heterocycles. The van der Waals surface area contributed by atoms with Crippen molar-refractivity contribution in [2.24, 2.45) is 15.9 Å². The summed E-state index contributed by atoms with van der Waals surface area (Å²) in [5, 5.41) is 18.7. The van der Waals surface area contributed by atoms with Crippen molar-refractivity contribution in [1.82, 2.24) is 4.90 Å². The van der Waals surface area contributed by atoms with Gasteiger partial charge >= 0.3 is 0 Å². The first kappa shape index (κ1) is 16.8. The summed E-state index contributed by atoms with van der Waals surface area (Å²) >= 11 is 5.68. The smallest absolute Gasteiger partial charge is 0.173 e. The number of alkyl halides is 1. The van der Waals surface area contributed by atoms with Crippen molar-refractivity contribution in [3.63, 3.8) is 0 Å². The van der Waals surface area contributed by atoms with E-state index >= 15 is 0 Å². The number of nitrogens with two attached hydrogens (primary N) is 1. The fourth-order valence-electron chi connectivity index (χ4n) is 2.15. The maximum atomic E-state index is 14.2. The molecule has 2 aliphatic rings. The van der Waals surface area contributed by atoms with Crippen LogP contribution in [-0.4, -0.2) is 58.5 Å². The van der Waals surface area contributed by atoms with Crippen molar-refractivity contribution in [3.8, 4) is 0 Å². The molecule has 1 fully saturated rings. The molecule has 2 rings (SSSR count). The van der Waals surface area contributed by atoms with Crippen LogP contribution in [0, 0.1) is 0 Å². The van der Waals surface area contributed by atoms with Gasteiger partial charge in [0.25, 0.3) is 0 Å². The number of aliphatic hydroxyl groups is 2. The van der Waals surface area contributed by atoms with E-state index in [1.807, 2.05) is 0 Å². The highest BCUT2D eigenvalue weighted by atomic mass is 35.5. The van der Waals surface area contributed by atoms with Gasteiger partial charge in [0.15, 0.2) is 18.2 Å². The molecule has 0 bridgehead atoms. The Bertz CT molecular complexity index is 553. The minimum atomic E-state index is -1.78. The Kier molecular flexibility index (Phi) is 5.14. The van der Waals surface area contributed by atoms with Crippen LogP contribution in [0.15, 0.2) is 33.2 Å². The molecule has 0 aromatic carbocycles. The first-order chi connectivity index (χ1) is 10.4. The molecule has 0 radical (unpaired) electrons. The van der Waals surface area contributed by atoms with Gasteiger partial charge in [-0.05, 0) is 6.92 Å². The number of aliphatic hydroxyl groups excluding tert-OH is 2. The lowest BCUT2D eigenvalue weighted by Gasteiger charge is -2.24. The van der Waals surface area contributed by atoms with Crippen molar-refractivity contribution in [3.05, 3.63) is 23.2 Å². The molecule has 122 valence electrons. The Labute approximate surface area is 130 Å². The zero-order chi connectivity index (χ0) is 16.4. The second-order valence-electron chi connectivity index (χ2n) is 4.67. The Morgan fingerprint density at radius 1 is 1.73 bits per heavy atom. The van der Waals surface area contributed by atoms with Crippen LogP contribution in [0.5, 0.6) is 0 Å². The molecular formula is C12H16ClFN4O4. The van der Waals surface area contributed by atoms with E-state index in [4.69, 9.17) is 27.3 Å². The van der Waals surface area contributed by atoms with Crippen molar-refractivity contribution >= 4 is 23.8 Å². The van der Waals surface area contributed by atoms with Crippen LogP contribution in [-0.2, 0) is 9.57 Å². The quantitative estimate of drug-likeness (QED) is 0.378. The van der Waals surface area contributed by atoms with E-state index < -0.39 is 31.2 Å². The molecular weight excluding hydrogens is 319 g/mol. The predicted molar refractivity (Wildman–Crippen MR) is 77.4 cm³/mol. The molecule has 0 aliphatic carbocycles. The molecule has 0 aromatic rings. The summed E-state index contributed by atoms with van der Waals surface area (Å²) in [6.45, 7) is 4.46. The lowest BCUT2D eigenvalue weighted by atomic mass is 10.1. The molecule has 10 heteroatoms. The summed E-state index contributed by atoms with van der Waals surface area (Å²) in [4.78, 5) is 13.8. The lowest BCUT2D eigenvalue weighted by molar-refractivity contribution is -0.0457. The summed E-state index contributed by atoms with van der Waals surface area (Å²) in [5.41, 5.74) is 0.224. The summed E-state index contributed by atoms with van der Waals surface area (Å²) in [6, 6.07) is 0. The Morgan fingerprint density at radius 3 is 2.91 bits per heavy atom. The van der Waals surface area contributed by atoms with Gasteiger partial charge in [-0.2, -0.15) is 5.90 Å². The van der Waals surface area contributed by atoms with Crippen molar-refractivity contribution in [2.75, 3.05) is 6.61 Å². The van der Waals surface area contributed by atoms with Crippen LogP contribution < -0.4 is 5.90 Å². The van der Waals surface area contributed by atoms with Gasteiger partial charge in [-0.15, -0.1) is 0 Å². The highest BCUT2D eigenvalue weighted by molar-refractivity contribution is 6.30. The topological polar surface area (TPSA) is 113 Å². The summed E-state index contributed by atoms with van der Waals surface area (Å²) in [5.74, 6) is 5.44. The van der Waals surface area contributed by atoms with Crippen molar-refractivity contribution in [2.45, 2.75) is 31.5 Å². The van der Waals surface area contributed by atoms with Gasteiger partial charge in [0, 0.05) is 0 Å². The minimum absolute atomic E-state index is 0.0690. The van der Waals surface area contributed by atoms with Crippen molar-refractivity contribution in [1.29, 1.82) is 0 Å². The second kappa shape index (κ2) is 6.71. The number of amidine groups is 1. The molecule has 4 atom stereocenters. The van der Waals surface area contributed by atoms with E-state index in [1.54, 1.807) is 0 Å². The second-order valence-corrected chi connectivity index (χ2v) is 5.11. The number of nitrogens with zero attached hydrogens (tertiary/aromatic N) is 3. The largest absolute Gasteiger partial charge is 0.414 e. The van der Waals surface area contributed by atoms with Crippen molar-refractivity contribution < 1.29 is 24.2 Å². The number of ether oxygens (including phenoxy) is 1. The van der Waals surface area contributed by atoms with Crippen LogP contribution in [0.2, 0.25) is 0 Å². The fourth-order valence-corrected chi connectivity index (χ4v) is 2.23. The Hall–Kier alpha value is -1.52. The molecule has 2 aliphatic heterocycles.